The first-order valence-corrected chi connectivity index (χ1v) is 6.59. The number of rotatable bonds is 7. The van der Waals surface area contributed by atoms with E-state index in [0.717, 1.165) is 17.1 Å². The normalized spacial score (nSPS) is 11.7. The van der Waals surface area contributed by atoms with E-state index >= 15 is 0 Å². The van der Waals surface area contributed by atoms with Gasteiger partial charge in [-0.3, -0.25) is 0 Å². The zero-order valence-electron chi connectivity index (χ0n) is 12.5. The fourth-order valence-corrected chi connectivity index (χ4v) is 1.73. The highest BCUT2D eigenvalue weighted by atomic mass is 16.5. The van der Waals surface area contributed by atoms with E-state index in [1.807, 2.05) is 32.0 Å². The predicted molar refractivity (Wildman–Crippen MR) is 76.8 cm³/mol. The van der Waals surface area contributed by atoms with Gasteiger partial charge in [-0.25, -0.2) is 0 Å². The molecule has 1 rings (SSSR count). The Kier molecular flexibility index (Phi) is 5.63. The lowest BCUT2D eigenvalue weighted by molar-refractivity contribution is 0.0793. The van der Waals surface area contributed by atoms with E-state index in [1.165, 1.54) is 0 Å². The van der Waals surface area contributed by atoms with Crippen LogP contribution in [0.1, 0.15) is 33.3 Å². The summed E-state index contributed by atoms with van der Waals surface area (Å²) in [4.78, 5) is 0. The molecule has 0 amide bonds. The van der Waals surface area contributed by atoms with E-state index in [2.05, 4.69) is 5.32 Å². The van der Waals surface area contributed by atoms with Crippen molar-refractivity contribution in [2.24, 2.45) is 0 Å². The van der Waals surface area contributed by atoms with Crippen molar-refractivity contribution in [3.05, 3.63) is 23.8 Å². The van der Waals surface area contributed by atoms with Crippen molar-refractivity contribution in [3.63, 3.8) is 0 Å². The molecule has 0 spiro atoms. The summed E-state index contributed by atoms with van der Waals surface area (Å²) in [7, 11) is 1.64. The maximum absolute atomic E-state index is 9.69. The molecule has 0 saturated heterocycles. The molecule has 2 N–H and O–H groups in total. The summed E-state index contributed by atoms with van der Waals surface area (Å²) in [6.45, 7) is 8.67. The first kappa shape index (κ1) is 15.8. The van der Waals surface area contributed by atoms with E-state index in [-0.39, 0.29) is 6.10 Å². The third-order valence-corrected chi connectivity index (χ3v) is 2.51. The van der Waals surface area contributed by atoms with Crippen molar-refractivity contribution in [1.82, 2.24) is 5.32 Å². The molecule has 108 valence electrons. The van der Waals surface area contributed by atoms with Crippen LogP contribution in [0.5, 0.6) is 11.5 Å². The summed E-state index contributed by atoms with van der Waals surface area (Å²) in [5.74, 6) is 1.50. The van der Waals surface area contributed by atoms with Crippen LogP contribution in [0.3, 0.4) is 0 Å². The van der Waals surface area contributed by atoms with Gasteiger partial charge in [-0.1, -0.05) is 12.1 Å². The van der Waals surface area contributed by atoms with Crippen LogP contribution in [0.25, 0.3) is 0 Å². The molecule has 0 aromatic heterocycles. The van der Waals surface area contributed by atoms with Crippen molar-refractivity contribution in [2.45, 2.75) is 45.9 Å². The van der Waals surface area contributed by atoms with E-state index in [1.54, 1.807) is 21.0 Å². The van der Waals surface area contributed by atoms with Crippen molar-refractivity contribution in [1.29, 1.82) is 0 Å². The molecule has 0 unspecified atom stereocenters. The molecular formula is C15H25NO3. The summed E-state index contributed by atoms with van der Waals surface area (Å²) in [6, 6.07) is 5.82. The molecule has 0 saturated carbocycles. The summed E-state index contributed by atoms with van der Waals surface area (Å²) in [5, 5.41) is 12.9. The van der Waals surface area contributed by atoms with E-state index in [0.29, 0.717) is 13.1 Å². The lowest BCUT2D eigenvalue weighted by atomic mass is 10.1. The van der Waals surface area contributed by atoms with Gasteiger partial charge in [-0.2, -0.15) is 0 Å². The number of benzene rings is 1. The van der Waals surface area contributed by atoms with Crippen LogP contribution in [-0.2, 0) is 6.54 Å². The Morgan fingerprint density at radius 2 is 2.00 bits per heavy atom. The van der Waals surface area contributed by atoms with Crippen LogP contribution in [-0.4, -0.2) is 30.5 Å². The minimum Gasteiger partial charge on any atom is -0.493 e. The number of hydrogen-bond acceptors (Lipinski definition) is 4. The monoisotopic (exact) mass is 267 g/mol. The van der Waals surface area contributed by atoms with Crippen LogP contribution in [0, 0.1) is 0 Å². The quantitative estimate of drug-likeness (QED) is 0.796. The van der Waals surface area contributed by atoms with Crippen molar-refractivity contribution >= 4 is 0 Å². The zero-order chi connectivity index (χ0) is 14.5. The fraction of sp³-hybridized carbons (Fsp3) is 0.600. The molecule has 0 aliphatic heterocycles. The molecule has 0 fully saturated rings. The zero-order valence-corrected chi connectivity index (χ0v) is 12.5. The van der Waals surface area contributed by atoms with Gasteiger partial charge < -0.3 is 19.9 Å². The highest BCUT2D eigenvalue weighted by Crippen LogP contribution is 2.31. The second kappa shape index (κ2) is 6.78. The van der Waals surface area contributed by atoms with Gasteiger partial charge in [0, 0.05) is 18.7 Å². The highest BCUT2D eigenvalue weighted by Gasteiger charge is 2.14. The molecular weight excluding hydrogens is 242 g/mol. The molecule has 0 radical (unpaired) electrons. The number of aliphatic hydroxyl groups is 1. The Balaban J connectivity index is 2.81. The molecule has 0 atom stereocenters. The van der Waals surface area contributed by atoms with Crippen molar-refractivity contribution in [3.8, 4) is 11.5 Å². The average molecular weight is 267 g/mol. The van der Waals surface area contributed by atoms with Crippen LogP contribution >= 0.6 is 0 Å². The van der Waals surface area contributed by atoms with Gasteiger partial charge in [0.25, 0.3) is 0 Å². The van der Waals surface area contributed by atoms with Gasteiger partial charge in [-0.15, -0.1) is 0 Å². The minimum atomic E-state index is -0.724. The molecule has 0 aliphatic rings. The minimum absolute atomic E-state index is 0.0873. The lowest BCUT2D eigenvalue weighted by Crippen LogP contribution is -2.34. The molecule has 0 bridgehead atoms. The largest absolute Gasteiger partial charge is 0.493 e. The molecule has 1 aromatic carbocycles. The van der Waals surface area contributed by atoms with E-state index in [9.17, 15) is 5.11 Å². The van der Waals surface area contributed by atoms with Gasteiger partial charge in [-0.05, 0) is 33.8 Å². The molecule has 19 heavy (non-hydrogen) atoms. The second-order valence-electron chi connectivity index (χ2n) is 5.53. The van der Waals surface area contributed by atoms with Crippen LogP contribution in [0.2, 0.25) is 0 Å². The number of methoxy groups -OCH3 is 1. The second-order valence-corrected chi connectivity index (χ2v) is 5.53. The Morgan fingerprint density at radius 3 is 2.53 bits per heavy atom. The average Bonchev–Trinajstić information content (AvgIpc) is 2.28. The molecule has 0 heterocycles. The highest BCUT2D eigenvalue weighted by molar-refractivity contribution is 5.46. The third-order valence-electron chi connectivity index (χ3n) is 2.51. The van der Waals surface area contributed by atoms with Gasteiger partial charge >= 0.3 is 0 Å². The fourth-order valence-electron chi connectivity index (χ4n) is 1.73. The maximum Gasteiger partial charge on any atom is 0.166 e. The van der Waals surface area contributed by atoms with Gasteiger partial charge in [0.05, 0.1) is 18.8 Å². The Hall–Kier alpha value is -1.26. The summed E-state index contributed by atoms with van der Waals surface area (Å²) in [6.07, 6.45) is 0.0873. The summed E-state index contributed by atoms with van der Waals surface area (Å²) >= 11 is 0. The number of hydrogen-bond donors (Lipinski definition) is 2. The Morgan fingerprint density at radius 1 is 1.32 bits per heavy atom. The predicted octanol–water partition coefficient (Wildman–Crippen LogP) is 2.34. The van der Waals surface area contributed by atoms with Crippen LogP contribution < -0.4 is 14.8 Å². The third kappa shape index (κ3) is 5.49. The van der Waals surface area contributed by atoms with Crippen LogP contribution in [0.15, 0.2) is 18.2 Å². The van der Waals surface area contributed by atoms with Gasteiger partial charge in [0.1, 0.15) is 0 Å². The lowest BCUT2D eigenvalue weighted by Gasteiger charge is -2.20. The molecule has 4 nitrogen and oxygen atoms in total. The maximum atomic E-state index is 9.69. The Labute approximate surface area is 115 Å². The van der Waals surface area contributed by atoms with E-state index < -0.39 is 5.60 Å². The molecule has 1 aromatic rings. The molecule has 0 aliphatic carbocycles. The van der Waals surface area contributed by atoms with Crippen molar-refractivity contribution in [2.75, 3.05) is 13.7 Å². The topological polar surface area (TPSA) is 50.7 Å². The van der Waals surface area contributed by atoms with Gasteiger partial charge in [0.2, 0.25) is 0 Å². The smallest absolute Gasteiger partial charge is 0.166 e. The summed E-state index contributed by atoms with van der Waals surface area (Å²) in [5.41, 5.74) is 0.301. The van der Waals surface area contributed by atoms with E-state index in [4.69, 9.17) is 9.47 Å². The van der Waals surface area contributed by atoms with Gasteiger partial charge in [0.15, 0.2) is 11.5 Å². The SMILES string of the molecule is COc1cccc(CNCC(C)(C)O)c1OC(C)C. The number of para-hydroxylation sites is 1. The van der Waals surface area contributed by atoms with Crippen LogP contribution in [0.4, 0.5) is 0 Å². The standard InChI is InChI=1S/C15H25NO3/c1-11(2)19-14-12(7-6-8-13(14)18-5)9-16-10-15(3,4)17/h6-8,11,16-17H,9-10H2,1-5H3. The first-order chi connectivity index (χ1) is 8.83. The number of ether oxygens (including phenoxy) is 2. The first-order valence-electron chi connectivity index (χ1n) is 6.59. The number of nitrogens with one attached hydrogen (secondary N) is 1. The molecule has 4 heteroatoms. The summed E-state index contributed by atoms with van der Waals surface area (Å²) < 4.78 is 11.2. The van der Waals surface area contributed by atoms with Crippen molar-refractivity contribution < 1.29 is 14.6 Å². The Bertz CT molecular complexity index is 397.